The van der Waals surface area contributed by atoms with E-state index in [4.69, 9.17) is 4.74 Å². The van der Waals surface area contributed by atoms with Crippen LogP contribution in [0.3, 0.4) is 0 Å². The van der Waals surface area contributed by atoms with E-state index >= 15 is 0 Å². The van der Waals surface area contributed by atoms with Gasteiger partial charge in [0.2, 0.25) is 15.9 Å². The molecule has 0 aromatic heterocycles. The fraction of sp³-hybridized carbons (Fsp3) is 0.550. The van der Waals surface area contributed by atoms with Gasteiger partial charge in [-0.1, -0.05) is 24.3 Å². The average Bonchev–Trinajstić information content (AvgIpc) is 2.96. The molecule has 1 aliphatic rings. The zero-order valence-corrected chi connectivity index (χ0v) is 18.4. The first-order chi connectivity index (χ1) is 14.0. The maximum Gasteiger partial charge on any atom is 0.237 e. The zero-order valence-electron chi connectivity index (χ0n) is 17.5. The first-order valence-corrected chi connectivity index (χ1v) is 11.4. The van der Waals surface area contributed by atoms with Gasteiger partial charge in [-0.05, 0) is 44.9 Å². The first-order valence-electron chi connectivity index (χ1n) is 9.77. The molecule has 9 nitrogen and oxygen atoms in total. The summed E-state index contributed by atoms with van der Waals surface area (Å²) in [5.74, 6) is 0.231. The Bertz CT molecular complexity index is 850. The molecule has 10 heteroatoms. The van der Waals surface area contributed by atoms with Crippen LogP contribution in [0.4, 0.5) is 0 Å². The average molecular weight is 442 g/mol. The van der Waals surface area contributed by atoms with Gasteiger partial charge in [0.05, 0.1) is 17.9 Å². The van der Waals surface area contributed by atoms with Crippen molar-refractivity contribution in [1.82, 2.24) is 14.9 Å². The highest BCUT2D eigenvalue weighted by Gasteiger charge is 2.26. The summed E-state index contributed by atoms with van der Waals surface area (Å²) in [5.41, 5.74) is -0.210. The lowest BCUT2D eigenvalue weighted by atomic mass is 10.1. The number of ether oxygens (including phenoxy) is 1. The molecular weight excluding hydrogens is 410 g/mol. The third kappa shape index (κ3) is 8.41. The number of sulfonamides is 1. The van der Waals surface area contributed by atoms with Gasteiger partial charge < -0.3 is 20.3 Å². The number of hydrogen-bond acceptors (Lipinski definition) is 7. The number of carbonyl (C=O) groups excluding carboxylic acids is 1. The standard InChI is InChI=1S/C20H31N3O6S/c1-15(16-8-7-9-17(12-16)29-14-20(2,3)26)22-30(27,28)11-6-4-5-10-23-13-18(24)21-19(23)25/h4-5,7-9,12,15,19,22,25-26H,6,10-11,13-14H2,1-3H3,(H,21,24)/b5-4+/t15-,19?/m1/s1. The van der Waals surface area contributed by atoms with E-state index in [9.17, 15) is 23.4 Å². The Balaban J connectivity index is 1.81. The van der Waals surface area contributed by atoms with E-state index in [1.165, 1.54) is 4.90 Å². The van der Waals surface area contributed by atoms with Crippen LogP contribution in [0.2, 0.25) is 0 Å². The van der Waals surface area contributed by atoms with Crippen molar-refractivity contribution in [2.75, 3.05) is 25.4 Å². The smallest absolute Gasteiger partial charge is 0.237 e. The second-order valence-electron chi connectivity index (χ2n) is 7.96. The van der Waals surface area contributed by atoms with Crippen LogP contribution in [0.5, 0.6) is 5.75 Å². The first kappa shape index (κ1) is 24.3. The lowest BCUT2D eigenvalue weighted by Crippen LogP contribution is -2.35. The number of nitrogens with one attached hydrogen (secondary N) is 2. The fourth-order valence-electron chi connectivity index (χ4n) is 2.80. The molecule has 0 saturated carbocycles. The largest absolute Gasteiger partial charge is 0.491 e. The van der Waals surface area contributed by atoms with E-state index in [2.05, 4.69) is 10.0 Å². The number of hydrogen-bond donors (Lipinski definition) is 4. The molecule has 1 unspecified atom stereocenters. The second kappa shape index (κ2) is 10.4. The zero-order chi connectivity index (χ0) is 22.4. The van der Waals surface area contributed by atoms with Crippen molar-refractivity contribution in [2.24, 2.45) is 0 Å². The minimum absolute atomic E-state index is 0.0809. The Morgan fingerprint density at radius 3 is 2.77 bits per heavy atom. The highest BCUT2D eigenvalue weighted by molar-refractivity contribution is 7.89. The van der Waals surface area contributed by atoms with Crippen LogP contribution in [-0.2, 0) is 14.8 Å². The van der Waals surface area contributed by atoms with Crippen LogP contribution in [0, 0.1) is 0 Å². The predicted octanol–water partition coefficient (Wildman–Crippen LogP) is 0.471. The molecule has 1 saturated heterocycles. The lowest BCUT2D eigenvalue weighted by Gasteiger charge is -2.19. The molecule has 2 rings (SSSR count). The van der Waals surface area contributed by atoms with E-state index in [1.54, 1.807) is 57.2 Å². The van der Waals surface area contributed by atoms with Crippen LogP contribution in [0.1, 0.15) is 38.8 Å². The number of aliphatic hydroxyl groups is 2. The van der Waals surface area contributed by atoms with Gasteiger partial charge in [0.1, 0.15) is 12.4 Å². The summed E-state index contributed by atoms with van der Waals surface area (Å²) in [6, 6.07) is 6.63. The van der Waals surface area contributed by atoms with Crippen LogP contribution in [0.25, 0.3) is 0 Å². The van der Waals surface area contributed by atoms with E-state index in [0.717, 1.165) is 5.56 Å². The number of amides is 1. The Kier molecular flexibility index (Phi) is 8.39. The van der Waals surface area contributed by atoms with E-state index < -0.39 is 28.0 Å². The molecule has 0 bridgehead atoms. The molecule has 0 aliphatic carbocycles. The van der Waals surface area contributed by atoms with Gasteiger partial charge in [-0.3, -0.25) is 4.79 Å². The summed E-state index contributed by atoms with van der Waals surface area (Å²) >= 11 is 0. The number of allylic oxidation sites excluding steroid dienone is 1. The molecular formula is C20H31N3O6S. The predicted molar refractivity (Wildman–Crippen MR) is 113 cm³/mol. The molecule has 1 aromatic carbocycles. The van der Waals surface area contributed by atoms with Gasteiger partial charge in [0, 0.05) is 12.6 Å². The van der Waals surface area contributed by atoms with E-state index in [1.807, 2.05) is 0 Å². The van der Waals surface area contributed by atoms with Crippen molar-refractivity contribution in [2.45, 2.75) is 45.2 Å². The van der Waals surface area contributed by atoms with Crippen LogP contribution < -0.4 is 14.8 Å². The SMILES string of the molecule is C[C@@H](NS(=O)(=O)CC/C=C/CN1CC(=O)NC1O)c1cccc(OCC(C)(C)O)c1. The van der Waals surface area contributed by atoms with Gasteiger partial charge in [-0.2, -0.15) is 0 Å². The van der Waals surface area contributed by atoms with Crippen molar-refractivity contribution in [3.63, 3.8) is 0 Å². The fourth-order valence-corrected chi connectivity index (χ4v) is 4.04. The van der Waals surface area contributed by atoms with Gasteiger partial charge in [0.25, 0.3) is 0 Å². The molecule has 2 atom stereocenters. The topological polar surface area (TPSA) is 128 Å². The molecule has 0 spiro atoms. The quantitative estimate of drug-likeness (QED) is 0.368. The van der Waals surface area contributed by atoms with E-state index in [-0.39, 0.29) is 24.8 Å². The van der Waals surface area contributed by atoms with Gasteiger partial charge in [0.15, 0.2) is 6.35 Å². The van der Waals surface area contributed by atoms with Crippen LogP contribution in [0.15, 0.2) is 36.4 Å². The number of benzene rings is 1. The number of rotatable bonds is 11. The maximum absolute atomic E-state index is 12.4. The van der Waals surface area contributed by atoms with Gasteiger partial charge in [-0.15, -0.1) is 0 Å². The van der Waals surface area contributed by atoms with E-state index in [0.29, 0.717) is 18.7 Å². The summed E-state index contributed by atoms with van der Waals surface area (Å²) in [7, 11) is -3.51. The third-order valence-electron chi connectivity index (χ3n) is 4.35. The van der Waals surface area contributed by atoms with Crippen LogP contribution >= 0.6 is 0 Å². The number of nitrogens with zero attached hydrogens (tertiary/aromatic N) is 1. The normalized spacial score (nSPS) is 19.2. The third-order valence-corrected chi connectivity index (χ3v) is 5.83. The Hall–Kier alpha value is -1.98. The highest BCUT2D eigenvalue weighted by Crippen LogP contribution is 2.21. The Morgan fingerprint density at radius 2 is 2.13 bits per heavy atom. The molecule has 30 heavy (non-hydrogen) atoms. The Morgan fingerprint density at radius 1 is 1.40 bits per heavy atom. The minimum atomic E-state index is -3.51. The summed E-state index contributed by atoms with van der Waals surface area (Å²) in [6.07, 6.45) is 2.75. The van der Waals surface area contributed by atoms with Crippen molar-refractivity contribution in [1.29, 1.82) is 0 Å². The van der Waals surface area contributed by atoms with Gasteiger partial charge in [-0.25, -0.2) is 18.0 Å². The molecule has 1 heterocycles. The van der Waals surface area contributed by atoms with Crippen molar-refractivity contribution in [3.8, 4) is 5.75 Å². The van der Waals surface area contributed by atoms with Crippen molar-refractivity contribution in [3.05, 3.63) is 42.0 Å². The minimum Gasteiger partial charge on any atom is -0.491 e. The Labute approximate surface area is 177 Å². The van der Waals surface area contributed by atoms with Gasteiger partial charge >= 0.3 is 0 Å². The lowest BCUT2D eigenvalue weighted by molar-refractivity contribution is -0.119. The molecule has 1 fully saturated rings. The molecule has 1 amide bonds. The molecule has 168 valence electrons. The summed E-state index contributed by atoms with van der Waals surface area (Å²) in [6.45, 7) is 5.63. The molecule has 0 radical (unpaired) electrons. The summed E-state index contributed by atoms with van der Waals surface area (Å²) in [5, 5.41) is 21.7. The second-order valence-corrected chi connectivity index (χ2v) is 9.84. The number of carbonyl (C=O) groups is 1. The molecule has 1 aliphatic heterocycles. The summed E-state index contributed by atoms with van der Waals surface area (Å²) in [4.78, 5) is 12.7. The van der Waals surface area contributed by atoms with Crippen molar-refractivity contribution < 1.29 is 28.2 Å². The van der Waals surface area contributed by atoms with Crippen LogP contribution in [-0.4, -0.2) is 66.8 Å². The maximum atomic E-state index is 12.4. The molecule has 1 aromatic rings. The number of aliphatic hydroxyl groups excluding tert-OH is 1. The van der Waals surface area contributed by atoms with Crippen molar-refractivity contribution >= 4 is 15.9 Å². The monoisotopic (exact) mass is 441 g/mol. The summed E-state index contributed by atoms with van der Waals surface area (Å²) < 4.78 is 32.9. The molecule has 4 N–H and O–H groups in total. The highest BCUT2D eigenvalue weighted by atomic mass is 32.2.